The summed E-state index contributed by atoms with van der Waals surface area (Å²) in [6, 6.07) is 8.49. The van der Waals surface area contributed by atoms with Gasteiger partial charge in [0.1, 0.15) is 6.07 Å². The number of aryl methyl sites for hydroxylation is 1. The van der Waals surface area contributed by atoms with Gasteiger partial charge in [0, 0.05) is 7.05 Å². The van der Waals surface area contributed by atoms with Crippen molar-refractivity contribution in [2.24, 2.45) is 7.05 Å². The van der Waals surface area contributed by atoms with Crippen molar-refractivity contribution < 1.29 is 22.0 Å². The zero-order chi connectivity index (χ0) is 18.3. The predicted molar refractivity (Wildman–Crippen MR) is 80.4 cm³/mol. The Bertz CT molecular complexity index is 1050. The number of nitriles is 1. The Kier molecular flexibility index (Phi) is 4.00. The molecule has 3 aromatic rings. The molecule has 0 unspecified atom stereocenters. The summed E-state index contributed by atoms with van der Waals surface area (Å²) in [5.41, 5.74) is -0.392. The van der Waals surface area contributed by atoms with Crippen LogP contribution in [0.2, 0.25) is 0 Å². The van der Waals surface area contributed by atoms with Gasteiger partial charge in [-0.1, -0.05) is 12.1 Å². The molecule has 8 heteroatoms. The van der Waals surface area contributed by atoms with Crippen LogP contribution in [0.25, 0.3) is 22.7 Å². The second-order valence-electron chi connectivity index (χ2n) is 5.14. The van der Waals surface area contributed by atoms with Gasteiger partial charge in [-0.2, -0.15) is 5.26 Å². The molecule has 0 saturated carbocycles. The number of benzene rings is 2. The molecule has 0 aliphatic carbocycles. The van der Waals surface area contributed by atoms with Crippen LogP contribution in [-0.2, 0) is 7.05 Å². The third-order valence-electron chi connectivity index (χ3n) is 3.68. The number of halogens is 5. The Labute approximate surface area is 138 Å². The number of para-hydroxylation sites is 2. The highest BCUT2D eigenvalue weighted by Gasteiger charge is 2.25. The van der Waals surface area contributed by atoms with Crippen LogP contribution in [0.5, 0.6) is 0 Å². The second-order valence-corrected chi connectivity index (χ2v) is 5.14. The molecule has 0 bridgehead atoms. The molecule has 0 aliphatic heterocycles. The zero-order valence-corrected chi connectivity index (χ0v) is 12.6. The minimum atomic E-state index is -2.26. The van der Waals surface area contributed by atoms with E-state index >= 15 is 0 Å². The number of hydrogen-bond acceptors (Lipinski definition) is 2. The van der Waals surface area contributed by atoms with Crippen LogP contribution in [0.3, 0.4) is 0 Å². The van der Waals surface area contributed by atoms with Crippen LogP contribution in [0.4, 0.5) is 22.0 Å². The van der Waals surface area contributed by atoms with E-state index in [2.05, 4.69) is 4.98 Å². The Hall–Kier alpha value is -3.21. The molecule has 3 nitrogen and oxygen atoms in total. The fraction of sp³-hybridized carbons (Fsp3) is 0.0588. The van der Waals surface area contributed by atoms with Gasteiger partial charge in [-0.15, -0.1) is 0 Å². The molecule has 126 valence electrons. The highest BCUT2D eigenvalue weighted by atomic mass is 19.2. The van der Waals surface area contributed by atoms with E-state index in [1.54, 1.807) is 37.4 Å². The molecule has 0 N–H and O–H groups in total. The van der Waals surface area contributed by atoms with E-state index in [4.69, 9.17) is 0 Å². The number of allylic oxidation sites excluding steroid dienone is 1. The highest BCUT2D eigenvalue weighted by molar-refractivity contribution is 5.91. The fourth-order valence-electron chi connectivity index (χ4n) is 2.43. The smallest absolute Gasteiger partial charge is 0.200 e. The second kappa shape index (κ2) is 6.02. The minimum Gasteiger partial charge on any atom is -0.327 e. The SMILES string of the molecule is Cn1c(/C(C#N)=C/c2c(F)c(F)c(F)c(F)c2F)nc2ccccc21. The van der Waals surface area contributed by atoms with Gasteiger partial charge in [0.05, 0.1) is 22.2 Å². The van der Waals surface area contributed by atoms with Crippen LogP contribution in [0, 0.1) is 40.4 Å². The van der Waals surface area contributed by atoms with E-state index in [0.29, 0.717) is 17.1 Å². The molecule has 1 aromatic heterocycles. The normalized spacial score (nSPS) is 11.8. The molecular formula is C17H8F5N3. The Morgan fingerprint density at radius 1 is 1.00 bits per heavy atom. The summed E-state index contributed by atoms with van der Waals surface area (Å²) in [7, 11) is 1.56. The van der Waals surface area contributed by atoms with E-state index in [-0.39, 0.29) is 11.4 Å². The maximum absolute atomic E-state index is 13.8. The van der Waals surface area contributed by atoms with Crippen molar-refractivity contribution in [2.75, 3.05) is 0 Å². The summed E-state index contributed by atoms with van der Waals surface area (Å²) < 4.78 is 68.9. The van der Waals surface area contributed by atoms with Crippen molar-refractivity contribution >= 4 is 22.7 Å². The maximum Gasteiger partial charge on any atom is 0.200 e. The summed E-state index contributed by atoms with van der Waals surface area (Å²) in [4.78, 5) is 4.17. The first-order valence-corrected chi connectivity index (χ1v) is 6.91. The molecule has 0 saturated heterocycles. The van der Waals surface area contributed by atoms with Crippen molar-refractivity contribution in [2.45, 2.75) is 0 Å². The molecule has 2 aromatic carbocycles. The minimum absolute atomic E-state index is 0.0349. The lowest BCUT2D eigenvalue weighted by Crippen LogP contribution is -2.05. The lowest BCUT2D eigenvalue weighted by atomic mass is 10.1. The van der Waals surface area contributed by atoms with Crippen molar-refractivity contribution in [3.63, 3.8) is 0 Å². The van der Waals surface area contributed by atoms with E-state index in [9.17, 15) is 27.2 Å². The third kappa shape index (κ3) is 2.54. The van der Waals surface area contributed by atoms with Crippen LogP contribution >= 0.6 is 0 Å². The Balaban J connectivity index is 2.26. The average molecular weight is 349 g/mol. The van der Waals surface area contributed by atoms with Gasteiger partial charge in [0.2, 0.25) is 5.82 Å². The Morgan fingerprint density at radius 3 is 2.12 bits per heavy atom. The van der Waals surface area contributed by atoms with Crippen LogP contribution < -0.4 is 0 Å². The Morgan fingerprint density at radius 2 is 1.56 bits per heavy atom. The number of fused-ring (bicyclic) bond motifs is 1. The monoisotopic (exact) mass is 349 g/mol. The first kappa shape index (κ1) is 16.6. The molecule has 0 fully saturated rings. The maximum atomic E-state index is 13.8. The summed E-state index contributed by atoms with van der Waals surface area (Å²) in [6.07, 6.45) is 0.595. The van der Waals surface area contributed by atoms with Crippen molar-refractivity contribution in [1.29, 1.82) is 5.26 Å². The van der Waals surface area contributed by atoms with Crippen LogP contribution in [0.15, 0.2) is 24.3 Å². The van der Waals surface area contributed by atoms with Gasteiger partial charge in [0.15, 0.2) is 29.1 Å². The first-order chi connectivity index (χ1) is 11.9. The lowest BCUT2D eigenvalue weighted by molar-refractivity contribution is 0.377. The van der Waals surface area contributed by atoms with Gasteiger partial charge in [-0.05, 0) is 18.2 Å². The van der Waals surface area contributed by atoms with Crippen LogP contribution in [-0.4, -0.2) is 9.55 Å². The molecule has 0 aliphatic rings. The largest absolute Gasteiger partial charge is 0.327 e. The number of rotatable bonds is 2. The summed E-state index contributed by atoms with van der Waals surface area (Å²) in [6.45, 7) is 0. The van der Waals surface area contributed by atoms with Crippen molar-refractivity contribution in [1.82, 2.24) is 9.55 Å². The molecule has 0 spiro atoms. The topological polar surface area (TPSA) is 41.6 Å². The molecule has 1 heterocycles. The highest BCUT2D eigenvalue weighted by Crippen LogP contribution is 2.28. The molecule has 0 amide bonds. The van der Waals surface area contributed by atoms with Gasteiger partial charge >= 0.3 is 0 Å². The lowest BCUT2D eigenvalue weighted by Gasteiger charge is -2.06. The number of hydrogen-bond donors (Lipinski definition) is 0. The van der Waals surface area contributed by atoms with Gasteiger partial charge in [-0.25, -0.2) is 26.9 Å². The standard InChI is InChI=1S/C17H8F5N3/c1-25-11-5-3-2-4-10(11)24-17(25)8(7-23)6-9-12(18)14(20)16(22)15(21)13(9)19/h2-6H,1H3/b8-6+. The van der Waals surface area contributed by atoms with Crippen molar-refractivity contribution in [3.05, 3.63) is 64.7 Å². The number of imidazole rings is 1. The quantitative estimate of drug-likeness (QED) is 0.299. The summed E-state index contributed by atoms with van der Waals surface area (Å²) in [5.74, 6) is -10.4. The zero-order valence-electron chi connectivity index (χ0n) is 12.6. The fourth-order valence-corrected chi connectivity index (χ4v) is 2.43. The molecule has 25 heavy (non-hydrogen) atoms. The number of nitrogens with zero attached hydrogens (tertiary/aromatic N) is 3. The van der Waals surface area contributed by atoms with E-state index in [1.165, 1.54) is 4.57 Å². The van der Waals surface area contributed by atoms with Gasteiger partial charge < -0.3 is 4.57 Å². The van der Waals surface area contributed by atoms with Gasteiger partial charge in [-0.3, -0.25) is 0 Å². The summed E-state index contributed by atoms with van der Waals surface area (Å²) in [5, 5.41) is 9.29. The molecule has 3 rings (SSSR count). The first-order valence-electron chi connectivity index (χ1n) is 6.91. The predicted octanol–water partition coefficient (Wildman–Crippen LogP) is 4.33. The van der Waals surface area contributed by atoms with Crippen LogP contribution in [0.1, 0.15) is 11.4 Å². The van der Waals surface area contributed by atoms with E-state index in [0.717, 1.165) is 0 Å². The van der Waals surface area contributed by atoms with Gasteiger partial charge in [0.25, 0.3) is 0 Å². The van der Waals surface area contributed by atoms with Crippen molar-refractivity contribution in [3.8, 4) is 6.07 Å². The van der Waals surface area contributed by atoms with E-state index < -0.39 is 34.6 Å². The molecule has 0 atom stereocenters. The summed E-state index contributed by atoms with van der Waals surface area (Å²) >= 11 is 0. The number of aromatic nitrogens is 2. The molecule has 0 radical (unpaired) electrons. The third-order valence-corrected chi connectivity index (χ3v) is 3.68. The average Bonchev–Trinajstić information content (AvgIpc) is 2.96. The molecular weight excluding hydrogens is 341 g/mol. The van der Waals surface area contributed by atoms with E-state index in [1.807, 2.05) is 0 Å².